The fourth-order valence-corrected chi connectivity index (χ4v) is 2.97. The summed E-state index contributed by atoms with van der Waals surface area (Å²) in [6.07, 6.45) is -2.61. The molecular weight excluding hydrogens is 333 g/mol. The largest absolute Gasteiger partial charge is 0.401 e. The number of rotatable bonds is 3. The van der Waals surface area contributed by atoms with Crippen molar-refractivity contribution in [3.8, 4) is 0 Å². The van der Waals surface area contributed by atoms with E-state index in [0.717, 1.165) is 28.6 Å². The summed E-state index contributed by atoms with van der Waals surface area (Å²) in [4.78, 5) is 1.48. The lowest BCUT2D eigenvalue weighted by Crippen LogP contribution is -2.43. The number of piperidine rings is 1. The Hall–Kier alpha value is -0.750. The molecule has 112 valence electrons. The number of likely N-dealkylation sites (tertiary alicyclic amines) is 1. The van der Waals surface area contributed by atoms with Crippen LogP contribution in [0.15, 0.2) is 22.7 Å². The molecule has 0 radical (unpaired) electrons. The molecule has 2 rings (SSSR count). The van der Waals surface area contributed by atoms with Crippen LogP contribution < -0.4 is 5.32 Å². The molecular formula is C14H18BrF3N2. The van der Waals surface area contributed by atoms with Gasteiger partial charge in [-0.05, 0) is 43.5 Å². The summed E-state index contributed by atoms with van der Waals surface area (Å²) < 4.78 is 38.0. The normalized spacial score (nSPS) is 18.2. The van der Waals surface area contributed by atoms with Crippen molar-refractivity contribution in [1.29, 1.82) is 0 Å². The first-order valence-electron chi connectivity index (χ1n) is 6.65. The third-order valence-electron chi connectivity index (χ3n) is 3.54. The molecule has 0 amide bonds. The monoisotopic (exact) mass is 350 g/mol. The summed E-state index contributed by atoms with van der Waals surface area (Å²) in [5.74, 6) is 0. The molecule has 1 fully saturated rings. The van der Waals surface area contributed by atoms with Gasteiger partial charge in [-0.15, -0.1) is 0 Å². The first kappa shape index (κ1) is 15.6. The SMILES string of the molecule is Cc1cc(Br)ccc1NC1CCN(CC(F)(F)F)CC1. The highest BCUT2D eigenvalue weighted by Gasteiger charge is 2.32. The number of benzene rings is 1. The second-order valence-corrected chi connectivity index (χ2v) is 6.18. The minimum atomic E-state index is -4.09. The van der Waals surface area contributed by atoms with Gasteiger partial charge in [0.05, 0.1) is 6.54 Å². The van der Waals surface area contributed by atoms with E-state index in [-0.39, 0.29) is 6.04 Å². The third kappa shape index (κ3) is 4.66. The highest BCUT2D eigenvalue weighted by Crippen LogP contribution is 2.24. The summed E-state index contributed by atoms with van der Waals surface area (Å²) in [6, 6.07) is 6.25. The quantitative estimate of drug-likeness (QED) is 0.878. The van der Waals surface area contributed by atoms with Crippen molar-refractivity contribution < 1.29 is 13.2 Å². The van der Waals surface area contributed by atoms with Crippen LogP contribution in [0.5, 0.6) is 0 Å². The third-order valence-corrected chi connectivity index (χ3v) is 4.03. The number of anilines is 1. The predicted octanol–water partition coefficient (Wildman–Crippen LogP) is 4.20. The van der Waals surface area contributed by atoms with Gasteiger partial charge in [0.2, 0.25) is 0 Å². The van der Waals surface area contributed by atoms with E-state index in [1.54, 1.807) is 0 Å². The summed E-state index contributed by atoms with van der Waals surface area (Å²) in [5.41, 5.74) is 2.19. The average molecular weight is 351 g/mol. The van der Waals surface area contributed by atoms with Gasteiger partial charge in [-0.25, -0.2) is 0 Å². The molecule has 1 aliphatic rings. The molecule has 1 N–H and O–H groups in total. The van der Waals surface area contributed by atoms with E-state index in [9.17, 15) is 13.2 Å². The number of nitrogens with zero attached hydrogens (tertiary/aromatic N) is 1. The second kappa shape index (κ2) is 6.35. The molecule has 2 nitrogen and oxygen atoms in total. The Balaban J connectivity index is 1.85. The van der Waals surface area contributed by atoms with Crippen LogP contribution >= 0.6 is 15.9 Å². The zero-order valence-electron chi connectivity index (χ0n) is 11.3. The maximum atomic E-state index is 12.3. The molecule has 0 bridgehead atoms. The summed E-state index contributed by atoms with van der Waals surface area (Å²) in [7, 11) is 0. The number of aryl methyl sites for hydroxylation is 1. The van der Waals surface area contributed by atoms with Crippen LogP contribution in [0, 0.1) is 6.92 Å². The zero-order chi connectivity index (χ0) is 14.8. The van der Waals surface area contributed by atoms with E-state index in [1.807, 2.05) is 25.1 Å². The Labute approximate surface area is 125 Å². The van der Waals surface area contributed by atoms with Crippen LogP contribution in [-0.4, -0.2) is 36.8 Å². The highest BCUT2D eigenvalue weighted by molar-refractivity contribution is 9.10. The molecule has 0 saturated carbocycles. The van der Waals surface area contributed by atoms with E-state index in [0.29, 0.717) is 13.1 Å². The van der Waals surface area contributed by atoms with Crippen molar-refractivity contribution >= 4 is 21.6 Å². The fraction of sp³-hybridized carbons (Fsp3) is 0.571. The first-order valence-corrected chi connectivity index (χ1v) is 7.44. The smallest absolute Gasteiger partial charge is 0.382 e. The number of hydrogen-bond donors (Lipinski definition) is 1. The molecule has 0 atom stereocenters. The first-order chi connectivity index (χ1) is 9.33. The Morgan fingerprint density at radius 1 is 1.30 bits per heavy atom. The van der Waals surface area contributed by atoms with Crippen molar-refractivity contribution in [2.75, 3.05) is 25.0 Å². The van der Waals surface area contributed by atoms with Gasteiger partial charge in [0, 0.05) is 29.3 Å². The van der Waals surface area contributed by atoms with Crippen LogP contribution in [0.25, 0.3) is 0 Å². The molecule has 1 saturated heterocycles. The topological polar surface area (TPSA) is 15.3 Å². The van der Waals surface area contributed by atoms with Crippen LogP contribution in [0.1, 0.15) is 18.4 Å². The molecule has 1 aromatic carbocycles. The van der Waals surface area contributed by atoms with E-state index in [4.69, 9.17) is 0 Å². The van der Waals surface area contributed by atoms with Crippen molar-refractivity contribution in [1.82, 2.24) is 4.90 Å². The molecule has 6 heteroatoms. The molecule has 0 unspecified atom stereocenters. The maximum Gasteiger partial charge on any atom is 0.401 e. The van der Waals surface area contributed by atoms with Gasteiger partial charge >= 0.3 is 6.18 Å². The summed E-state index contributed by atoms with van der Waals surface area (Å²) >= 11 is 3.42. The van der Waals surface area contributed by atoms with Crippen LogP contribution in [0.4, 0.5) is 18.9 Å². The minimum Gasteiger partial charge on any atom is -0.382 e. The fourth-order valence-electron chi connectivity index (χ4n) is 2.50. The van der Waals surface area contributed by atoms with Gasteiger partial charge in [-0.1, -0.05) is 15.9 Å². The molecule has 1 heterocycles. The van der Waals surface area contributed by atoms with Crippen molar-refractivity contribution in [2.45, 2.75) is 32.0 Å². The molecule has 1 aliphatic heterocycles. The van der Waals surface area contributed by atoms with E-state index in [2.05, 4.69) is 21.2 Å². The Morgan fingerprint density at radius 3 is 2.50 bits per heavy atom. The number of halogens is 4. The lowest BCUT2D eigenvalue weighted by Gasteiger charge is -2.33. The van der Waals surface area contributed by atoms with Gasteiger partial charge in [0.1, 0.15) is 0 Å². The van der Waals surface area contributed by atoms with Crippen molar-refractivity contribution in [2.24, 2.45) is 0 Å². The molecule has 20 heavy (non-hydrogen) atoms. The number of nitrogens with one attached hydrogen (secondary N) is 1. The van der Waals surface area contributed by atoms with Crippen molar-refractivity contribution in [3.05, 3.63) is 28.2 Å². The molecule has 1 aromatic rings. The van der Waals surface area contributed by atoms with E-state index < -0.39 is 12.7 Å². The zero-order valence-corrected chi connectivity index (χ0v) is 12.9. The number of alkyl halides is 3. The Kier molecular flexibility index (Phi) is 4.96. The maximum absolute atomic E-state index is 12.3. The summed E-state index contributed by atoms with van der Waals surface area (Å²) in [5, 5.41) is 3.43. The second-order valence-electron chi connectivity index (χ2n) is 5.27. The van der Waals surface area contributed by atoms with Crippen molar-refractivity contribution in [3.63, 3.8) is 0 Å². The summed E-state index contributed by atoms with van der Waals surface area (Å²) in [6.45, 7) is 2.21. The lowest BCUT2D eigenvalue weighted by molar-refractivity contribution is -0.147. The van der Waals surface area contributed by atoms with Gasteiger partial charge in [-0.3, -0.25) is 4.90 Å². The number of hydrogen-bond acceptors (Lipinski definition) is 2. The van der Waals surface area contributed by atoms with E-state index in [1.165, 1.54) is 4.90 Å². The predicted molar refractivity (Wildman–Crippen MR) is 78.0 cm³/mol. The van der Waals surface area contributed by atoms with Gasteiger partial charge in [0.25, 0.3) is 0 Å². The van der Waals surface area contributed by atoms with Gasteiger partial charge in [-0.2, -0.15) is 13.2 Å². The lowest BCUT2D eigenvalue weighted by atomic mass is 10.0. The molecule has 0 aliphatic carbocycles. The Bertz CT molecular complexity index is 454. The van der Waals surface area contributed by atoms with Crippen LogP contribution in [0.2, 0.25) is 0 Å². The highest BCUT2D eigenvalue weighted by atomic mass is 79.9. The molecule has 0 spiro atoms. The van der Waals surface area contributed by atoms with Gasteiger partial charge < -0.3 is 5.32 Å². The van der Waals surface area contributed by atoms with Gasteiger partial charge in [0.15, 0.2) is 0 Å². The van der Waals surface area contributed by atoms with E-state index >= 15 is 0 Å². The molecule has 0 aromatic heterocycles. The Morgan fingerprint density at radius 2 is 1.95 bits per heavy atom. The van der Waals surface area contributed by atoms with Crippen LogP contribution in [0.3, 0.4) is 0 Å². The standard InChI is InChI=1S/C14H18BrF3N2/c1-10-8-11(15)2-3-13(10)19-12-4-6-20(7-5-12)9-14(16,17)18/h2-3,8,12,19H,4-7,9H2,1H3. The minimum absolute atomic E-state index is 0.249. The average Bonchev–Trinajstić information content (AvgIpc) is 2.33. The van der Waals surface area contributed by atoms with Crippen LogP contribution in [-0.2, 0) is 0 Å².